The van der Waals surface area contributed by atoms with Gasteiger partial charge in [-0.2, -0.15) is 0 Å². The number of rotatable bonds is 4. The summed E-state index contributed by atoms with van der Waals surface area (Å²) in [6.45, 7) is 4.62. The molecule has 0 fully saturated rings. The van der Waals surface area contributed by atoms with E-state index in [-0.39, 0.29) is 0 Å². The Morgan fingerprint density at radius 1 is 0.692 bits per heavy atom. The molecule has 0 aliphatic rings. The summed E-state index contributed by atoms with van der Waals surface area (Å²) in [6.07, 6.45) is 0. The number of hydrogen-bond donors (Lipinski definition) is 0. The van der Waals surface area contributed by atoms with Gasteiger partial charge in [-0.3, -0.25) is 0 Å². The second-order valence-electron chi connectivity index (χ2n) is 4.53. The van der Waals surface area contributed by atoms with Gasteiger partial charge >= 0.3 is 83.5 Å². The minimum absolute atomic E-state index is 0.687. The van der Waals surface area contributed by atoms with E-state index < -0.39 is 7.71 Å². The zero-order chi connectivity index (χ0) is 10.8. The van der Waals surface area contributed by atoms with E-state index in [1.165, 1.54) is 0 Å². The second-order valence-corrected chi connectivity index (χ2v) is 9.74. The van der Waals surface area contributed by atoms with Gasteiger partial charge in [-0.25, -0.2) is 0 Å². The molecule has 82 valence electrons. The Labute approximate surface area is 84.2 Å². The first kappa shape index (κ1) is 13.3. The Kier molecular flexibility index (Phi) is 4.81. The monoisotopic (exact) mass is 207 g/mol. The molecule has 0 amide bonds. The molecule has 0 aliphatic heterocycles. The van der Waals surface area contributed by atoms with E-state index in [1.54, 1.807) is 0 Å². The van der Waals surface area contributed by atoms with E-state index >= 15 is 0 Å². The summed E-state index contributed by atoms with van der Waals surface area (Å²) >= 11 is 0. The molecule has 13 heavy (non-hydrogen) atoms. The van der Waals surface area contributed by atoms with E-state index in [2.05, 4.69) is 70.1 Å². The summed E-state index contributed by atoms with van der Waals surface area (Å²) in [5.41, 5.74) is 0.687. The average molecular weight is 207 g/mol. The molecule has 0 rings (SSSR count). The van der Waals surface area contributed by atoms with Crippen molar-refractivity contribution in [3.63, 3.8) is 0 Å². The maximum atomic E-state index is 2.40. The van der Waals surface area contributed by atoms with E-state index in [0.717, 1.165) is 0 Å². The molecule has 0 heterocycles. The van der Waals surface area contributed by atoms with Gasteiger partial charge in [0.15, 0.2) is 0 Å². The maximum absolute atomic E-state index is 2.40. The molecule has 0 spiro atoms. The molecule has 0 saturated carbocycles. The topological polar surface area (TPSA) is 9.72 Å². The van der Waals surface area contributed by atoms with E-state index in [4.69, 9.17) is 0 Å². The van der Waals surface area contributed by atoms with Crippen LogP contribution >= 0.6 is 7.71 Å². The first-order valence-corrected chi connectivity index (χ1v) is 6.72. The Morgan fingerprint density at radius 3 is 0.923 bits per heavy atom. The predicted octanol–water partition coefficient (Wildman–Crippen LogP) is 1.57. The van der Waals surface area contributed by atoms with Crippen LogP contribution in [0.3, 0.4) is 0 Å². The van der Waals surface area contributed by atoms with Crippen molar-refractivity contribution in [1.82, 2.24) is 14.0 Å². The fourth-order valence-electron chi connectivity index (χ4n) is 2.75. The molecule has 0 atom stereocenters. The molecule has 0 bridgehead atoms. The first-order chi connectivity index (χ1) is 5.77. The van der Waals surface area contributed by atoms with Crippen molar-refractivity contribution in [2.24, 2.45) is 0 Å². The van der Waals surface area contributed by atoms with Crippen molar-refractivity contribution in [3.8, 4) is 0 Å². The Morgan fingerprint density at radius 2 is 0.923 bits per heavy atom. The van der Waals surface area contributed by atoms with Crippen LogP contribution in [0.5, 0.6) is 0 Å². The van der Waals surface area contributed by atoms with Crippen molar-refractivity contribution >= 4 is 7.71 Å². The molecule has 0 N–H and O–H groups in total. The van der Waals surface area contributed by atoms with Crippen LogP contribution in [0.2, 0.25) is 0 Å². The summed E-state index contributed by atoms with van der Waals surface area (Å²) < 4.78 is 7.20. The van der Waals surface area contributed by atoms with Crippen LogP contribution in [0.25, 0.3) is 0 Å². The van der Waals surface area contributed by atoms with E-state index in [1.807, 2.05) is 0 Å². The molecular formula is C9H26N3P. The van der Waals surface area contributed by atoms with Gasteiger partial charge in [0.2, 0.25) is 0 Å². The van der Waals surface area contributed by atoms with Gasteiger partial charge in [0.05, 0.1) is 0 Å². The summed E-state index contributed by atoms with van der Waals surface area (Å²) in [5, 5.41) is 0. The Balaban J connectivity index is 5.06. The number of hydrogen-bond acceptors (Lipinski definition) is 3. The van der Waals surface area contributed by atoms with Crippen LogP contribution in [0.1, 0.15) is 13.8 Å². The zero-order valence-corrected chi connectivity index (χ0v) is 11.4. The molecular weight excluding hydrogens is 181 g/mol. The van der Waals surface area contributed by atoms with Gasteiger partial charge in [0.25, 0.3) is 0 Å². The fourth-order valence-corrected chi connectivity index (χ4v) is 8.25. The van der Waals surface area contributed by atoms with Crippen LogP contribution in [0, 0.1) is 0 Å². The standard InChI is InChI=1S/C9H26N3P/c1-9(2)13(10(3)4,11(5)6)12(7)8/h9,13H,1-8H3. The summed E-state index contributed by atoms with van der Waals surface area (Å²) in [4.78, 5) is 0. The van der Waals surface area contributed by atoms with Gasteiger partial charge in [-0.05, 0) is 0 Å². The normalized spacial score (nSPS) is 15.1. The predicted molar refractivity (Wildman–Crippen MR) is 64.5 cm³/mol. The van der Waals surface area contributed by atoms with E-state index in [0.29, 0.717) is 5.66 Å². The van der Waals surface area contributed by atoms with Crippen LogP contribution in [0.4, 0.5) is 0 Å². The average Bonchev–Trinajstić information content (AvgIpc) is 1.82. The molecule has 4 heteroatoms. The molecule has 3 nitrogen and oxygen atoms in total. The third-order valence-electron chi connectivity index (χ3n) is 2.75. The van der Waals surface area contributed by atoms with Crippen LogP contribution in [-0.4, -0.2) is 62.0 Å². The molecule has 0 saturated heterocycles. The third kappa shape index (κ3) is 2.21. The van der Waals surface area contributed by atoms with Crippen molar-refractivity contribution in [2.75, 3.05) is 42.3 Å². The van der Waals surface area contributed by atoms with Crippen molar-refractivity contribution in [2.45, 2.75) is 19.5 Å². The summed E-state index contributed by atoms with van der Waals surface area (Å²) in [5.74, 6) is 0. The molecule has 0 unspecified atom stereocenters. The van der Waals surface area contributed by atoms with Crippen molar-refractivity contribution in [3.05, 3.63) is 0 Å². The van der Waals surface area contributed by atoms with E-state index in [9.17, 15) is 0 Å². The first-order valence-electron chi connectivity index (χ1n) is 4.80. The van der Waals surface area contributed by atoms with Crippen molar-refractivity contribution in [1.29, 1.82) is 0 Å². The van der Waals surface area contributed by atoms with Gasteiger partial charge in [-0.1, -0.05) is 0 Å². The summed E-state index contributed by atoms with van der Waals surface area (Å²) in [7, 11) is 11.5. The van der Waals surface area contributed by atoms with Crippen molar-refractivity contribution < 1.29 is 0 Å². The van der Waals surface area contributed by atoms with Gasteiger partial charge in [0.1, 0.15) is 0 Å². The quantitative estimate of drug-likeness (QED) is 0.648. The third-order valence-corrected chi connectivity index (χ3v) is 8.25. The van der Waals surface area contributed by atoms with Crippen LogP contribution in [-0.2, 0) is 0 Å². The molecule has 0 aliphatic carbocycles. The number of nitrogens with zero attached hydrogens (tertiary/aromatic N) is 3. The molecule has 0 aromatic carbocycles. The summed E-state index contributed by atoms with van der Waals surface area (Å²) in [6, 6.07) is 0. The van der Waals surface area contributed by atoms with Gasteiger partial charge in [-0.15, -0.1) is 0 Å². The van der Waals surface area contributed by atoms with Gasteiger partial charge in [0, 0.05) is 0 Å². The zero-order valence-electron chi connectivity index (χ0n) is 10.4. The SMILES string of the molecule is CC(C)[PH](N(C)C)(N(C)C)N(C)C. The Hall–Kier alpha value is 0.310. The van der Waals surface area contributed by atoms with Gasteiger partial charge < -0.3 is 0 Å². The molecule has 0 aromatic rings. The fraction of sp³-hybridized carbons (Fsp3) is 1.00. The minimum atomic E-state index is -1.60. The molecule has 0 radical (unpaired) electrons. The molecule has 0 aromatic heterocycles. The van der Waals surface area contributed by atoms with Crippen LogP contribution in [0.15, 0.2) is 0 Å². The van der Waals surface area contributed by atoms with Crippen LogP contribution < -0.4 is 0 Å². The second kappa shape index (κ2) is 4.70. The Bertz CT molecular complexity index is 117.